The van der Waals surface area contributed by atoms with Gasteiger partial charge in [0.05, 0.1) is 6.61 Å². The molecule has 0 bridgehead atoms. The second-order valence-corrected chi connectivity index (χ2v) is 3.81. The molecule has 0 saturated heterocycles. The number of rotatable bonds is 10. The van der Waals surface area contributed by atoms with Crippen LogP contribution >= 0.6 is 0 Å². The Balaban J connectivity index is 2.99. The van der Waals surface area contributed by atoms with Gasteiger partial charge in [-0.2, -0.15) is 0 Å². The van der Waals surface area contributed by atoms with Gasteiger partial charge in [-0.05, 0) is 13.0 Å². The molecule has 16 heavy (non-hydrogen) atoms. The average molecular weight is 241 g/mol. The molecule has 0 aliphatic heterocycles. The lowest BCUT2D eigenvalue weighted by atomic mass is 10.1. The van der Waals surface area contributed by atoms with Gasteiger partial charge >= 0.3 is 6.36 Å². The summed E-state index contributed by atoms with van der Waals surface area (Å²) in [5.41, 5.74) is 0. The van der Waals surface area contributed by atoms with Crippen LogP contribution < -0.4 is 5.32 Å². The van der Waals surface area contributed by atoms with Gasteiger partial charge < -0.3 is 5.32 Å². The first-order valence-electron chi connectivity index (χ1n) is 5.97. The molecule has 0 fully saturated rings. The largest absolute Gasteiger partial charge is 0.522 e. The van der Waals surface area contributed by atoms with E-state index in [1.807, 2.05) is 0 Å². The normalized spacial score (nSPS) is 12.0. The lowest BCUT2D eigenvalue weighted by Crippen LogP contribution is -2.24. The molecule has 0 spiro atoms. The zero-order valence-electron chi connectivity index (χ0n) is 9.91. The maximum atomic E-state index is 11.6. The molecular weight excluding hydrogens is 219 g/mol. The smallest absolute Gasteiger partial charge is 0.314 e. The third-order valence-electron chi connectivity index (χ3n) is 2.25. The van der Waals surface area contributed by atoms with Gasteiger partial charge in [-0.3, -0.25) is 4.74 Å². The second kappa shape index (κ2) is 9.90. The van der Waals surface area contributed by atoms with Crippen LogP contribution in [0.15, 0.2) is 0 Å². The van der Waals surface area contributed by atoms with Gasteiger partial charge in [0.1, 0.15) is 0 Å². The number of hydrogen-bond acceptors (Lipinski definition) is 2. The molecule has 0 aromatic carbocycles. The van der Waals surface area contributed by atoms with Crippen molar-refractivity contribution in [2.45, 2.75) is 51.8 Å². The predicted molar refractivity (Wildman–Crippen MR) is 58.3 cm³/mol. The van der Waals surface area contributed by atoms with Crippen LogP contribution in [0.25, 0.3) is 0 Å². The van der Waals surface area contributed by atoms with E-state index in [2.05, 4.69) is 17.0 Å². The quantitative estimate of drug-likeness (QED) is 0.591. The predicted octanol–water partition coefficient (Wildman–Crippen LogP) is 3.47. The monoisotopic (exact) mass is 241 g/mol. The van der Waals surface area contributed by atoms with Crippen LogP contribution in [0.1, 0.15) is 45.4 Å². The van der Waals surface area contributed by atoms with Crippen LogP contribution in [-0.4, -0.2) is 26.1 Å². The maximum absolute atomic E-state index is 11.6. The lowest BCUT2D eigenvalue weighted by molar-refractivity contribution is -0.323. The Kier molecular flexibility index (Phi) is 9.72. The van der Waals surface area contributed by atoms with E-state index in [9.17, 15) is 13.2 Å². The molecule has 0 heterocycles. The summed E-state index contributed by atoms with van der Waals surface area (Å²) in [4.78, 5) is 0. The molecule has 0 radical (unpaired) electrons. The van der Waals surface area contributed by atoms with Gasteiger partial charge in [0.15, 0.2) is 0 Å². The highest BCUT2D eigenvalue weighted by Gasteiger charge is 2.28. The molecule has 1 N–H and O–H groups in total. The number of ether oxygens (including phenoxy) is 1. The van der Waals surface area contributed by atoms with Crippen LogP contribution in [0.4, 0.5) is 13.2 Å². The fourth-order valence-electron chi connectivity index (χ4n) is 1.39. The van der Waals surface area contributed by atoms with Crippen LogP contribution in [0, 0.1) is 0 Å². The molecule has 2 nitrogen and oxygen atoms in total. The van der Waals surface area contributed by atoms with Crippen molar-refractivity contribution in [3.8, 4) is 0 Å². The molecule has 0 aliphatic rings. The van der Waals surface area contributed by atoms with Crippen LogP contribution in [-0.2, 0) is 4.74 Å². The van der Waals surface area contributed by atoms with Gasteiger partial charge in [0, 0.05) is 6.54 Å². The van der Waals surface area contributed by atoms with E-state index < -0.39 is 6.36 Å². The van der Waals surface area contributed by atoms with Crippen molar-refractivity contribution in [1.82, 2.24) is 5.32 Å². The van der Waals surface area contributed by atoms with E-state index in [0.717, 1.165) is 19.4 Å². The topological polar surface area (TPSA) is 21.3 Å². The zero-order chi connectivity index (χ0) is 12.3. The van der Waals surface area contributed by atoms with E-state index in [1.54, 1.807) is 0 Å². The molecule has 98 valence electrons. The molecule has 0 aromatic heterocycles. The first-order valence-corrected chi connectivity index (χ1v) is 5.97. The van der Waals surface area contributed by atoms with Gasteiger partial charge in [-0.25, -0.2) is 0 Å². The summed E-state index contributed by atoms with van der Waals surface area (Å²) in [7, 11) is 0. The SMILES string of the molecule is CCCCCCCCNCCOC(F)(F)F. The Morgan fingerprint density at radius 1 is 0.938 bits per heavy atom. The third-order valence-corrected chi connectivity index (χ3v) is 2.25. The van der Waals surface area contributed by atoms with Crippen molar-refractivity contribution in [3.05, 3.63) is 0 Å². The van der Waals surface area contributed by atoms with E-state index in [1.165, 1.54) is 25.7 Å². The highest BCUT2D eigenvalue weighted by atomic mass is 19.4. The minimum absolute atomic E-state index is 0.258. The number of nitrogens with one attached hydrogen (secondary N) is 1. The highest BCUT2D eigenvalue weighted by molar-refractivity contribution is 4.49. The van der Waals surface area contributed by atoms with Crippen molar-refractivity contribution in [2.24, 2.45) is 0 Å². The van der Waals surface area contributed by atoms with E-state index in [-0.39, 0.29) is 13.2 Å². The summed E-state index contributed by atoms with van der Waals surface area (Å²) < 4.78 is 38.3. The van der Waals surface area contributed by atoms with Crippen LogP contribution in [0.2, 0.25) is 0 Å². The maximum Gasteiger partial charge on any atom is 0.522 e. The third kappa shape index (κ3) is 13.7. The van der Waals surface area contributed by atoms with Gasteiger partial charge in [0.2, 0.25) is 0 Å². The van der Waals surface area contributed by atoms with Crippen molar-refractivity contribution in [2.75, 3.05) is 19.7 Å². The average Bonchev–Trinajstić information content (AvgIpc) is 2.19. The Labute approximate surface area is 95.5 Å². The Bertz CT molecular complexity index is 151. The standard InChI is InChI=1S/C11H22F3NO/c1-2-3-4-5-6-7-8-15-9-10-16-11(12,13)14/h15H,2-10H2,1H3. The fraction of sp³-hybridized carbons (Fsp3) is 1.00. The minimum atomic E-state index is -4.50. The summed E-state index contributed by atoms with van der Waals surface area (Å²) in [6.07, 6.45) is 2.65. The zero-order valence-corrected chi connectivity index (χ0v) is 9.91. The summed E-state index contributed by atoms with van der Waals surface area (Å²) in [5.74, 6) is 0. The Morgan fingerprint density at radius 2 is 1.56 bits per heavy atom. The van der Waals surface area contributed by atoms with Gasteiger partial charge in [0.25, 0.3) is 0 Å². The molecule has 0 unspecified atom stereocenters. The number of hydrogen-bond donors (Lipinski definition) is 1. The summed E-state index contributed by atoms with van der Waals surface area (Å²) in [6, 6.07) is 0. The fourth-order valence-corrected chi connectivity index (χ4v) is 1.39. The number of alkyl halides is 3. The molecule has 0 aliphatic carbocycles. The van der Waals surface area contributed by atoms with Crippen molar-refractivity contribution in [1.29, 1.82) is 0 Å². The number of unbranched alkanes of at least 4 members (excludes halogenated alkanes) is 5. The Hall–Kier alpha value is -0.290. The molecule has 0 aromatic rings. The molecule has 5 heteroatoms. The minimum Gasteiger partial charge on any atom is -0.314 e. The van der Waals surface area contributed by atoms with Crippen molar-refractivity contribution < 1.29 is 17.9 Å². The highest BCUT2D eigenvalue weighted by Crippen LogP contribution is 2.15. The summed E-state index contributed by atoms with van der Waals surface area (Å²) >= 11 is 0. The van der Waals surface area contributed by atoms with Crippen molar-refractivity contribution in [3.63, 3.8) is 0 Å². The first kappa shape index (κ1) is 15.7. The van der Waals surface area contributed by atoms with Crippen LogP contribution in [0.5, 0.6) is 0 Å². The van der Waals surface area contributed by atoms with E-state index >= 15 is 0 Å². The summed E-state index contributed by atoms with van der Waals surface area (Å²) in [6.45, 7) is 2.89. The molecule has 0 atom stereocenters. The molecule has 0 amide bonds. The lowest BCUT2D eigenvalue weighted by Gasteiger charge is -2.08. The van der Waals surface area contributed by atoms with E-state index in [4.69, 9.17) is 0 Å². The molecular formula is C11H22F3NO. The summed E-state index contributed by atoms with van der Waals surface area (Å²) in [5, 5.41) is 2.92. The molecule has 0 rings (SSSR count). The van der Waals surface area contributed by atoms with E-state index in [0.29, 0.717) is 0 Å². The second-order valence-electron chi connectivity index (χ2n) is 3.81. The van der Waals surface area contributed by atoms with Gasteiger partial charge in [-0.1, -0.05) is 39.0 Å². The van der Waals surface area contributed by atoms with Gasteiger partial charge in [-0.15, -0.1) is 13.2 Å². The Morgan fingerprint density at radius 3 is 2.19 bits per heavy atom. The first-order chi connectivity index (χ1) is 7.56. The number of halogens is 3. The van der Waals surface area contributed by atoms with Crippen LogP contribution in [0.3, 0.4) is 0 Å². The molecule has 0 saturated carbocycles. The van der Waals surface area contributed by atoms with Crippen molar-refractivity contribution >= 4 is 0 Å².